The summed E-state index contributed by atoms with van der Waals surface area (Å²) in [5, 5.41) is 3.15. The van der Waals surface area contributed by atoms with Crippen LogP contribution in [0.4, 0.5) is 4.39 Å². The number of benzene rings is 2. The van der Waals surface area contributed by atoms with E-state index in [4.69, 9.17) is 4.74 Å². The molecule has 0 aliphatic heterocycles. The molecular weight excluding hydrogens is 331 g/mol. The first kappa shape index (κ1) is 18.4. The van der Waals surface area contributed by atoms with Crippen LogP contribution in [-0.4, -0.2) is 31.5 Å². The lowest BCUT2D eigenvalue weighted by molar-refractivity contribution is -0.122. The first-order valence-corrected chi connectivity index (χ1v) is 8.95. The fourth-order valence-corrected chi connectivity index (χ4v) is 3.56. The number of nitrogens with one attached hydrogen (secondary N) is 1. The molecular formula is C21H25FN2O2. The summed E-state index contributed by atoms with van der Waals surface area (Å²) < 4.78 is 18.7. The van der Waals surface area contributed by atoms with Crippen LogP contribution in [0.3, 0.4) is 0 Å². The third-order valence-electron chi connectivity index (χ3n) is 4.79. The van der Waals surface area contributed by atoms with Crippen molar-refractivity contribution in [3.05, 3.63) is 65.0 Å². The zero-order valence-corrected chi connectivity index (χ0v) is 15.3. The monoisotopic (exact) mass is 356 g/mol. The van der Waals surface area contributed by atoms with Crippen molar-refractivity contribution in [2.45, 2.75) is 31.8 Å². The predicted molar refractivity (Wildman–Crippen MR) is 99.5 cm³/mol. The SMILES string of the molecule is COc1ccc(CN(C)CC(=O)N[C@@H]2CCCc3ccccc32)cc1F. The van der Waals surface area contributed by atoms with Crippen LogP contribution in [0.2, 0.25) is 0 Å². The second kappa shape index (κ2) is 8.32. The molecule has 2 aromatic carbocycles. The molecule has 138 valence electrons. The van der Waals surface area contributed by atoms with Gasteiger partial charge in [0.2, 0.25) is 5.91 Å². The third kappa shape index (κ3) is 4.41. The Morgan fingerprint density at radius 3 is 2.88 bits per heavy atom. The minimum Gasteiger partial charge on any atom is -0.494 e. The maximum absolute atomic E-state index is 13.8. The molecule has 0 bridgehead atoms. The number of rotatable bonds is 6. The Morgan fingerprint density at radius 2 is 2.12 bits per heavy atom. The molecule has 26 heavy (non-hydrogen) atoms. The average Bonchev–Trinajstić information content (AvgIpc) is 2.62. The highest BCUT2D eigenvalue weighted by atomic mass is 19.1. The van der Waals surface area contributed by atoms with Crippen molar-refractivity contribution >= 4 is 5.91 Å². The summed E-state index contributed by atoms with van der Waals surface area (Å²) >= 11 is 0. The van der Waals surface area contributed by atoms with E-state index in [1.807, 2.05) is 30.1 Å². The van der Waals surface area contributed by atoms with Crippen molar-refractivity contribution in [1.29, 1.82) is 0 Å². The lowest BCUT2D eigenvalue weighted by Crippen LogP contribution is -2.38. The Hall–Kier alpha value is -2.40. The molecule has 1 amide bonds. The molecule has 0 aromatic heterocycles. The van der Waals surface area contributed by atoms with Crippen molar-refractivity contribution < 1.29 is 13.9 Å². The average molecular weight is 356 g/mol. The number of hydrogen-bond acceptors (Lipinski definition) is 3. The van der Waals surface area contributed by atoms with Crippen LogP contribution in [-0.2, 0) is 17.8 Å². The van der Waals surface area contributed by atoms with E-state index in [0.717, 1.165) is 24.8 Å². The van der Waals surface area contributed by atoms with E-state index in [1.54, 1.807) is 6.07 Å². The van der Waals surface area contributed by atoms with Crippen molar-refractivity contribution in [2.75, 3.05) is 20.7 Å². The molecule has 0 saturated carbocycles. The van der Waals surface area contributed by atoms with Gasteiger partial charge in [-0.25, -0.2) is 4.39 Å². The minimum absolute atomic E-state index is 0.0109. The van der Waals surface area contributed by atoms with Crippen LogP contribution in [0.1, 0.15) is 35.6 Å². The summed E-state index contributed by atoms with van der Waals surface area (Å²) in [6.45, 7) is 0.766. The number of fused-ring (bicyclic) bond motifs is 1. The summed E-state index contributed by atoms with van der Waals surface area (Å²) in [6.07, 6.45) is 3.13. The van der Waals surface area contributed by atoms with Gasteiger partial charge in [0, 0.05) is 6.54 Å². The van der Waals surface area contributed by atoms with E-state index in [0.29, 0.717) is 6.54 Å². The standard InChI is InChI=1S/C21H25FN2O2/c1-24(13-15-10-11-20(26-2)18(22)12-15)14-21(25)23-19-9-5-7-16-6-3-4-8-17(16)19/h3-4,6,8,10-12,19H,5,7,9,13-14H2,1-2H3,(H,23,25)/t19-/m1/s1. The molecule has 0 saturated heterocycles. The Kier molecular flexibility index (Phi) is 5.89. The lowest BCUT2D eigenvalue weighted by atomic mass is 9.88. The Labute approximate surface area is 154 Å². The summed E-state index contributed by atoms with van der Waals surface area (Å²) in [7, 11) is 3.30. The Morgan fingerprint density at radius 1 is 1.31 bits per heavy atom. The summed E-state index contributed by atoms with van der Waals surface area (Å²) in [5.41, 5.74) is 3.36. The number of hydrogen-bond donors (Lipinski definition) is 1. The van der Waals surface area contributed by atoms with Gasteiger partial charge in [0.15, 0.2) is 11.6 Å². The first-order chi connectivity index (χ1) is 12.6. The van der Waals surface area contributed by atoms with Crippen molar-refractivity contribution in [2.24, 2.45) is 0 Å². The molecule has 0 radical (unpaired) electrons. The molecule has 1 atom stereocenters. The number of carbonyl (C=O) groups excluding carboxylic acids is 1. The van der Waals surface area contributed by atoms with Gasteiger partial charge in [-0.1, -0.05) is 30.3 Å². The Bertz CT molecular complexity index is 778. The highest BCUT2D eigenvalue weighted by Crippen LogP contribution is 2.29. The molecule has 1 N–H and O–H groups in total. The number of methoxy groups -OCH3 is 1. The van der Waals surface area contributed by atoms with Gasteiger partial charge in [0.05, 0.1) is 19.7 Å². The maximum atomic E-state index is 13.8. The van der Waals surface area contributed by atoms with Gasteiger partial charge in [-0.3, -0.25) is 9.69 Å². The van der Waals surface area contributed by atoms with E-state index in [2.05, 4.69) is 17.4 Å². The highest BCUT2D eigenvalue weighted by molar-refractivity contribution is 5.78. The molecule has 1 aliphatic carbocycles. The van der Waals surface area contributed by atoms with E-state index < -0.39 is 0 Å². The molecule has 3 rings (SSSR count). The zero-order valence-electron chi connectivity index (χ0n) is 15.3. The third-order valence-corrected chi connectivity index (χ3v) is 4.79. The number of nitrogens with zero attached hydrogens (tertiary/aromatic N) is 1. The normalized spacial score (nSPS) is 16.2. The lowest BCUT2D eigenvalue weighted by Gasteiger charge is -2.27. The highest BCUT2D eigenvalue weighted by Gasteiger charge is 2.21. The van der Waals surface area contributed by atoms with Gasteiger partial charge in [0.25, 0.3) is 0 Å². The number of ether oxygens (including phenoxy) is 1. The van der Waals surface area contributed by atoms with Gasteiger partial charge in [-0.2, -0.15) is 0 Å². The summed E-state index contributed by atoms with van der Waals surface area (Å²) in [4.78, 5) is 14.3. The molecule has 4 nitrogen and oxygen atoms in total. The summed E-state index contributed by atoms with van der Waals surface area (Å²) in [6, 6.07) is 13.3. The van der Waals surface area contributed by atoms with Crippen molar-refractivity contribution in [3.8, 4) is 5.75 Å². The topological polar surface area (TPSA) is 41.6 Å². The van der Waals surface area contributed by atoms with E-state index in [1.165, 1.54) is 24.3 Å². The number of amides is 1. The number of carbonyl (C=O) groups is 1. The maximum Gasteiger partial charge on any atom is 0.234 e. The van der Waals surface area contributed by atoms with Crippen molar-refractivity contribution in [1.82, 2.24) is 10.2 Å². The second-order valence-electron chi connectivity index (χ2n) is 6.85. The van der Waals surface area contributed by atoms with Crippen LogP contribution in [0, 0.1) is 5.82 Å². The first-order valence-electron chi connectivity index (χ1n) is 8.95. The zero-order chi connectivity index (χ0) is 18.5. The van der Waals surface area contributed by atoms with Gasteiger partial charge < -0.3 is 10.1 Å². The van der Waals surface area contributed by atoms with Gasteiger partial charge in [-0.15, -0.1) is 0 Å². The van der Waals surface area contributed by atoms with Crippen LogP contribution in [0.15, 0.2) is 42.5 Å². The fourth-order valence-electron chi connectivity index (χ4n) is 3.56. The van der Waals surface area contributed by atoms with Crippen LogP contribution < -0.4 is 10.1 Å². The van der Waals surface area contributed by atoms with Gasteiger partial charge in [0.1, 0.15) is 0 Å². The molecule has 0 spiro atoms. The quantitative estimate of drug-likeness (QED) is 0.862. The molecule has 0 fully saturated rings. The largest absolute Gasteiger partial charge is 0.494 e. The van der Waals surface area contributed by atoms with Crippen LogP contribution in [0.5, 0.6) is 5.75 Å². The predicted octanol–water partition coefficient (Wildman–Crippen LogP) is 3.46. The number of likely N-dealkylation sites (N-methyl/N-ethyl adjacent to an activating group) is 1. The molecule has 2 aromatic rings. The Balaban J connectivity index is 1.56. The van der Waals surface area contributed by atoms with Gasteiger partial charge >= 0.3 is 0 Å². The number of aryl methyl sites for hydroxylation is 1. The smallest absolute Gasteiger partial charge is 0.234 e. The van der Waals surface area contributed by atoms with E-state index in [-0.39, 0.29) is 30.1 Å². The molecule has 1 aliphatic rings. The summed E-state index contributed by atoms with van der Waals surface area (Å²) in [5.74, 6) is -0.171. The van der Waals surface area contributed by atoms with Crippen LogP contribution >= 0.6 is 0 Å². The second-order valence-corrected chi connectivity index (χ2v) is 6.85. The fraction of sp³-hybridized carbons (Fsp3) is 0.381. The number of halogens is 1. The van der Waals surface area contributed by atoms with E-state index >= 15 is 0 Å². The minimum atomic E-state index is -0.387. The van der Waals surface area contributed by atoms with Gasteiger partial charge in [-0.05, 0) is 55.1 Å². The van der Waals surface area contributed by atoms with Crippen LogP contribution in [0.25, 0.3) is 0 Å². The molecule has 0 heterocycles. The van der Waals surface area contributed by atoms with Crippen molar-refractivity contribution in [3.63, 3.8) is 0 Å². The molecule has 5 heteroatoms. The van der Waals surface area contributed by atoms with E-state index in [9.17, 15) is 9.18 Å². The molecule has 0 unspecified atom stereocenters.